The van der Waals surface area contributed by atoms with E-state index >= 15 is 0 Å². The molecule has 1 saturated heterocycles. The third kappa shape index (κ3) is 7.45. The predicted octanol–water partition coefficient (Wildman–Crippen LogP) is 0.818. The highest BCUT2D eigenvalue weighted by Gasteiger charge is 2.27. The summed E-state index contributed by atoms with van der Waals surface area (Å²) < 4.78 is 27.9. The number of sulfonamides is 1. The number of nitrogens with zero attached hydrogens (tertiary/aromatic N) is 5. The lowest BCUT2D eigenvalue weighted by atomic mass is 10.1. The van der Waals surface area contributed by atoms with Crippen molar-refractivity contribution in [2.75, 3.05) is 31.9 Å². The summed E-state index contributed by atoms with van der Waals surface area (Å²) in [6.07, 6.45) is 7.73. The average Bonchev–Trinajstić information content (AvgIpc) is 3.15. The molecule has 0 bridgehead atoms. The molecule has 27 heavy (non-hydrogen) atoms. The van der Waals surface area contributed by atoms with Crippen molar-refractivity contribution >= 4 is 16.0 Å². The largest absolute Gasteiger partial charge is 0.357 e. The highest BCUT2D eigenvalue weighted by molar-refractivity contribution is 7.89. The highest BCUT2D eigenvalue weighted by atomic mass is 32.2. The van der Waals surface area contributed by atoms with Crippen molar-refractivity contribution in [3.05, 3.63) is 12.7 Å². The molecule has 2 N–H and O–H groups in total. The van der Waals surface area contributed by atoms with E-state index in [2.05, 4.69) is 25.8 Å². The molecule has 0 aromatic carbocycles. The number of hydrogen-bond acceptors (Lipinski definition) is 5. The number of unbranched alkanes of at least 4 members (excludes halogenated alkanes) is 1. The van der Waals surface area contributed by atoms with Gasteiger partial charge < -0.3 is 15.2 Å². The third-order valence-corrected chi connectivity index (χ3v) is 6.63. The van der Waals surface area contributed by atoms with Crippen LogP contribution in [0.2, 0.25) is 0 Å². The zero-order valence-corrected chi connectivity index (χ0v) is 17.3. The van der Waals surface area contributed by atoms with Crippen molar-refractivity contribution in [1.82, 2.24) is 29.7 Å². The molecule has 2 heterocycles. The Morgan fingerprint density at radius 3 is 2.52 bits per heavy atom. The molecule has 0 unspecified atom stereocenters. The van der Waals surface area contributed by atoms with Crippen molar-refractivity contribution in [2.24, 2.45) is 4.99 Å². The smallest absolute Gasteiger partial charge is 0.214 e. The monoisotopic (exact) mass is 399 g/mol. The van der Waals surface area contributed by atoms with Gasteiger partial charge in [0, 0.05) is 38.8 Å². The zero-order chi connectivity index (χ0) is 19.5. The minimum Gasteiger partial charge on any atom is -0.357 e. The minimum absolute atomic E-state index is 0.240. The van der Waals surface area contributed by atoms with E-state index in [1.165, 1.54) is 0 Å². The standard InChI is InChI=1S/C17H33N7O2S/c1-3-13-27(25,26)24-11-7-16(8-12-24)22-17(18-4-2)19-9-5-6-10-23-14-20-21-15-23/h14-16H,3-13H2,1-2H3,(H2,18,19,22). The fraction of sp³-hybridized carbons (Fsp3) is 0.824. The van der Waals surface area contributed by atoms with Crippen LogP contribution in [0.3, 0.4) is 0 Å². The summed E-state index contributed by atoms with van der Waals surface area (Å²) >= 11 is 0. The quantitative estimate of drug-likeness (QED) is 0.343. The molecular formula is C17H33N7O2S. The van der Waals surface area contributed by atoms with Crippen LogP contribution in [-0.2, 0) is 16.6 Å². The number of aliphatic imine (C=N–C) groups is 1. The summed E-state index contributed by atoms with van der Waals surface area (Å²) in [6.45, 7) is 7.56. The maximum absolute atomic E-state index is 12.2. The van der Waals surface area contributed by atoms with Crippen LogP contribution in [0.4, 0.5) is 0 Å². The first kappa shape index (κ1) is 21.6. The normalized spacial score (nSPS) is 17.2. The van der Waals surface area contributed by atoms with E-state index in [0.29, 0.717) is 19.5 Å². The lowest BCUT2D eigenvalue weighted by Gasteiger charge is -2.32. The van der Waals surface area contributed by atoms with Crippen LogP contribution in [0.1, 0.15) is 46.0 Å². The number of rotatable bonds is 10. The van der Waals surface area contributed by atoms with E-state index in [1.54, 1.807) is 17.0 Å². The first-order valence-corrected chi connectivity index (χ1v) is 11.5. The van der Waals surface area contributed by atoms with Gasteiger partial charge in [0.15, 0.2) is 5.96 Å². The van der Waals surface area contributed by atoms with Crippen LogP contribution in [0, 0.1) is 0 Å². The first-order chi connectivity index (χ1) is 13.0. The third-order valence-electron chi connectivity index (χ3n) is 4.56. The molecule has 9 nitrogen and oxygen atoms in total. The molecule has 10 heteroatoms. The SMILES string of the molecule is CCCS(=O)(=O)N1CCC(NC(=NCCCCn2cnnc2)NCC)CC1. The number of guanidine groups is 1. The van der Waals surface area contributed by atoms with Gasteiger partial charge in [-0.15, -0.1) is 10.2 Å². The molecule has 0 amide bonds. The Bertz CT molecular complexity index is 653. The van der Waals surface area contributed by atoms with Crippen molar-refractivity contribution in [1.29, 1.82) is 0 Å². The van der Waals surface area contributed by atoms with E-state index in [-0.39, 0.29) is 11.8 Å². The molecule has 154 valence electrons. The maximum Gasteiger partial charge on any atom is 0.214 e. The van der Waals surface area contributed by atoms with Crippen molar-refractivity contribution < 1.29 is 8.42 Å². The molecule has 1 aliphatic rings. The molecule has 1 aromatic rings. The summed E-state index contributed by atoms with van der Waals surface area (Å²) in [5, 5.41) is 14.3. The van der Waals surface area contributed by atoms with Gasteiger partial charge in [0.25, 0.3) is 0 Å². The first-order valence-electron chi connectivity index (χ1n) is 9.90. The van der Waals surface area contributed by atoms with Gasteiger partial charge in [0.05, 0.1) is 5.75 Å². The van der Waals surface area contributed by atoms with Crippen LogP contribution >= 0.6 is 0 Å². The van der Waals surface area contributed by atoms with Gasteiger partial charge in [-0.25, -0.2) is 12.7 Å². The van der Waals surface area contributed by atoms with Gasteiger partial charge in [-0.2, -0.15) is 0 Å². The molecule has 0 spiro atoms. The maximum atomic E-state index is 12.2. The Balaban J connectivity index is 1.73. The topological polar surface area (TPSA) is 105 Å². The molecule has 2 rings (SSSR count). The molecular weight excluding hydrogens is 366 g/mol. The van der Waals surface area contributed by atoms with E-state index in [1.807, 2.05) is 18.4 Å². The number of nitrogens with one attached hydrogen (secondary N) is 2. The summed E-state index contributed by atoms with van der Waals surface area (Å²) in [5.41, 5.74) is 0. The van der Waals surface area contributed by atoms with Crippen LogP contribution in [0.25, 0.3) is 0 Å². The van der Waals surface area contributed by atoms with Gasteiger partial charge in [-0.1, -0.05) is 6.92 Å². The van der Waals surface area contributed by atoms with Gasteiger partial charge in [-0.05, 0) is 39.0 Å². The molecule has 1 fully saturated rings. The highest BCUT2D eigenvalue weighted by Crippen LogP contribution is 2.15. The molecule has 1 aliphatic heterocycles. The fourth-order valence-corrected chi connectivity index (χ4v) is 4.65. The summed E-state index contributed by atoms with van der Waals surface area (Å²) in [6, 6.07) is 0.257. The minimum atomic E-state index is -3.09. The second kappa shape index (κ2) is 11.2. The summed E-state index contributed by atoms with van der Waals surface area (Å²) in [5.74, 6) is 1.06. The average molecular weight is 400 g/mol. The van der Waals surface area contributed by atoms with E-state index in [0.717, 1.165) is 51.3 Å². The van der Waals surface area contributed by atoms with Crippen LogP contribution in [0.15, 0.2) is 17.6 Å². The fourth-order valence-electron chi connectivity index (χ4n) is 3.11. The Labute approximate surface area is 162 Å². The van der Waals surface area contributed by atoms with E-state index in [4.69, 9.17) is 0 Å². The van der Waals surface area contributed by atoms with E-state index < -0.39 is 10.0 Å². The summed E-state index contributed by atoms with van der Waals surface area (Å²) in [7, 11) is -3.09. The second-order valence-corrected chi connectivity index (χ2v) is 8.89. The summed E-state index contributed by atoms with van der Waals surface area (Å²) in [4.78, 5) is 4.65. The Morgan fingerprint density at radius 1 is 1.19 bits per heavy atom. The molecule has 1 aromatic heterocycles. The van der Waals surface area contributed by atoms with Crippen LogP contribution in [0.5, 0.6) is 0 Å². The van der Waals surface area contributed by atoms with Gasteiger partial charge in [0.1, 0.15) is 12.7 Å². The lowest BCUT2D eigenvalue weighted by molar-refractivity contribution is 0.306. The van der Waals surface area contributed by atoms with Crippen molar-refractivity contribution in [3.8, 4) is 0 Å². The van der Waals surface area contributed by atoms with Crippen molar-refractivity contribution in [2.45, 2.75) is 58.5 Å². The zero-order valence-electron chi connectivity index (χ0n) is 16.5. The van der Waals surface area contributed by atoms with E-state index in [9.17, 15) is 8.42 Å². The second-order valence-electron chi connectivity index (χ2n) is 6.80. The predicted molar refractivity (Wildman–Crippen MR) is 107 cm³/mol. The number of aromatic nitrogens is 3. The molecule has 0 atom stereocenters. The molecule has 0 saturated carbocycles. The van der Waals surface area contributed by atoms with Crippen LogP contribution < -0.4 is 10.6 Å². The Morgan fingerprint density at radius 2 is 1.89 bits per heavy atom. The number of piperidine rings is 1. The van der Waals surface area contributed by atoms with Crippen molar-refractivity contribution in [3.63, 3.8) is 0 Å². The lowest BCUT2D eigenvalue weighted by Crippen LogP contribution is -2.50. The Kier molecular flexibility index (Phi) is 8.99. The van der Waals surface area contributed by atoms with Gasteiger partial charge >= 0.3 is 0 Å². The number of aryl methyl sites for hydroxylation is 1. The van der Waals surface area contributed by atoms with Crippen LogP contribution in [-0.4, -0.2) is 71.4 Å². The Hall–Kier alpha value is -1.68. The van der Waals surface area contributed by atoms with Gasteiger partial charge in [0.2, 0.25) is 10.0 Å². The molecule has 0 radical (unpaired) electrons. The molecule has 0 aliphatic carbocycles. The number of hydrogen-bond donors (Lipinski definition) is 2. The van der Waals surface area contributed by atoms with Gasteiger partial charge in [-0.3, -0.25) is 4.99 Å².